The third kappa shape index (κ3) is 4.90. The van der Waals surface area contributed by atoms with Gasteiger partial charge in [0, 0.05) is 28.0 Å². The van der Waals surface area contributed by atoms with Crippen LogP contribution in [-0.4, -0.2) is 22.4 Å². The maximum Gasteiger partial charge on any atom is 0.387 e. The number of hydrogen-bond donors (Lipinski definition) is 1. The van der Waals surface area contributed by atoms with Crippen molar-refractivity contribution in [3.05, 3.63) is 90.1 Å². The Labute approximate surface area is 181 Å². The van der Waals surface area contributed by atoms with E-state index in [1.54, 1.807) is 42.6 Å². The van der Waals surface area contributed by atoms with Crippen LogP contribution in [0.15, 0.2) is 85.1 Å². The predicted molar refractivity (Wildman–Crippen MR) is 116 cm³/mol. The summed E-state index contributed by atoms with van der Waals surface area (Å²) in [6, 6.07) is 21.8. The van der Waals surface area contributed by atoms with Gasteiger partial charge in [-0.1, -0.05) is 41.9 Å². The summed E-state index contributed by atoms with van der Waals surface area (Å²) in [7, 11) is 0. The number of amides is 1. The second kappa shape index (κ2) is 8.97. The van der Waals surface area contributed by atoms with Crippen LogP contribution in [0.5, 0.6) is 5.75 Å². The van der Waals surface area contributed by atoms with Gasteiger partial charge in [-0.25, -0.2) is 4.79 Å². The number of halogens is 3. The summed E-state index contributed by atoms with van der Waals surface area (Å²) in [6.07, 6.45) is 1.62. The average molecular weight is 440 g/mol. The molecule has 4 rings (SSSR count). The first-order valence-electron chi connectivity index (χ1n) is 9.27. The summed E-state index contributed by atoms with van der Waals surface area (Å²) in [5.41, 5.74) is 3.33. The summed E-state index contributed by atoms with van der Waals surface area (Å²) in [5, 5.41) is 7.77. The minimum atomic E-state index is -2.90. The summed E-state index contributed by atoms with van der Waals surface area (Å²) >= 11 is 5.88. The number of aromatic nitrogens is 2. The lowest BCUT2D eigenvalue weighted by molar-refractivity contribution is -0.0498. The van der Waals surface area contributed by atoms with Crippen molar-refractivity contribution in [2.45, 2.75) is 6.61 Å². The van der Waals surface area contributed by atoms with E-state index in [-0.39, 0.29) is 5.75 Å². The molecule has 3 aromatic carbocycles. The molecule has 1 amide bonds. The molecule has 1 aromatic heterocycles. The van der Waals surface area contributed by atoms with E-state index in [0.29, 0.717) is 22.0 Å². The highest BCUT2D eigenvalue weighted by Crippen LogP contribution is 2.32. The van der Waals surface area contributed by atoms with Gasteiger partial charge in [-0.05, 0) is 54.1 Å². The number of hydrogen-bond acceptors (Lipinski definition) is 3. The van der Waals surface area contributed by atoms with Crippen LogP contribution in [0.2, 0.25) is 5.02 Å². The molecule has 0 fully saturated rings. The van der Waals surface area contributed by atoms with E-state index in [4.69, 9.17) is 11.6 Å². The quantitative estimate of drug-likeness (QED) is 0.383. The SMILES string of the molecule is O=C(Nc1ccc(Cl)cc1)n1cc(-c2ccccc2)c(-c2ccc(OC(F)F)cc2)n1. The van der Waals surface area contributed by atoms with Crippen LogP contribution in [0.25, 0.3) is 22.4 Å². The molecular weight excluding hydrogens is 424 g/mol. The van der Waals surface area contributed by atoms with Crippen molar-refractivity contribution in [3.63, 3.8) is 0 Å². The Balaban J connectivity index is 1.69. The molecule has 156 valence electrons. The van der Waals surface area contributed by atoms with Crippen molar-refractivity contribution >= 4 is 23.3 Å². The smallest absolute Gasteiger partial charge is 0.387 e. The number of ether oxygens (including phenoxy) is 1. The molecule has 0 aliphatic carbocycles. The molecule has 0 saturated carbocycles. The normalized spacial score (nSPS) is 10.8. The molecule has 1 N–H and O–H groups in total. The highest BCUT2D eigenvalue weighted by atomic mass is 35.5. The first-order chi connectivity index (χ1) is 15.0. The van der Waals surface area contributed by atoms with Gasteiger partial charge in [-0.15, -0.1) is 0 Å². The lowest BCUT2D eigenvalue weighted by Crippen LogP contribution is -2.19. The van der Waals surface area contributed by atoms with Gasteiger partial charge in [-0.2, -0.15) is 18.6 Å². The fourth-order valence-electron chi connectivity index (χ4n) is 3.03. The van der Waals surface area contributed by atoms with Gasteiger partial charge in [0.2, 0.25) is 0 Å². The Kier molecular flexibility index (Phi) is 5.95. The molecule has 0 saturated heterocycles. The van der Waals surface area contributed by atoms with E-state index in [2.05, 4.69) is 15.2 Å². The fourth-order valence-corrected chi connectivity index (χ4v) is 3.15. The molecule has 5 nitrogen and oxygen atoms in total. The molecule has 0 bridgehead atoms. The lowest BCUT2D eigenvalue weighted by Gasteiger charge is -2.06. The van der Waals surface area contributed by atoms with Crippen molar-refractivity contribution in [2.75, 3.05) is 5.32 Å². The molecule has 0 radical (unpaired) electrons. The van der Waals surface area contributed by atoms with Crippen LogP contribution in [0, 0.1) is 0 Å². The van der Waals surface area contributed by atoms with Gasteiger partial charge >= 0.3 is 12.6 Å². The van der Waals surface area contributed by atoms with Crippen LogP contribution in [0.1, 0.15) is 0 Å². The monoisotopic (exact) mass is 439 g/mol. The highest BCUT2D eigenvalue weighted by Gasteiger charge is 2.17. The van der Waals surface area contributed by atoms with Gasteiger partial charge in [0.25, 0.3) is 0 Å². The minimum absolute atomic E-state index is 0.0416. The van der Waals surface area contributed by atoms with Crippen LogP contribution < -0.4 is 10.1 Å². The molecule has 0 atom stereocenters. The Morgan fingerprint density at radius 3 is 2.26 bits per heavy atom. The van der Waals surface area contributed by atoms with Crippen LogP contribution >= 0.6 is 11.6 Å². The number of carbonyl (C=O) groups is 1. The summed E-state index contributed by atoms with van der Waals surface area (Å²) in [5.74, 6) is 0.0416. The Morgan fingerprint density at radius 2 is 1.61 bits per heavy atom. The number of carbonyl (C=O) groups excluding carboxylic acids is 1. The van der Waals surface area contributed by atoms with Gasteiger partial charge in [0.1, 0.15) is 11.4 Å². The third-order valence-corrected chi connectivity index (χ3v) is 4.71. The highest BCUT2D eigenvalue weighted by molar-refractivity contribution is 6.30. The summed E-state index contributed by atoms with van der Waals surface area (Å²) in [6.45, 7) is -2.90. The van der Waals surface area contributed by atoms with Gasteiger partial charge in [0.05, 0.1) is 0 Å². The largest absolute Gasteiger partial charge is 0.435 e. The van der Waals surface area contributed by atoms with Gasteiger partial charge in [0.15, 0.2) is 0 Å². The number of benzene rings is 3. The second-order valence-corrected chi connectivity index (χ2v) is 6.98. The lowest BCUT2D eigenvalue weighted by atomic mass is 10.0. The Hall–Kier alpha value is -3.71. The van der Waals surface area contributed by atoms with Crippen molar-refractivity contribution in [1.29, 1.82) is 0 Å². The molecule has 31 heavy (non-hydrogen) atoms. The molecule has 0 aliphatic heterocycles. The molecule has 0 unspecified atom stereocenters. The summed E-state index contributed by atoms with van der Waals surface area (Å²) in [4.78, 5) is 12.8. The van der Waals surface area contributed by atoms with Crippen LogP contribution in [-0.2, 0) is 0 Å². The average Bonchev–Trinajstić information content (AvgIpc) is 3.22. The molecule has 4 aromatic rings. The predicted octanol–water partition coefficient (Wildman–Crippen LogP) is 6.55. The number of nitrogens with zero attached hydrogens (tertiary/aromatic N) is 2. The van der Waals surface area contributed by atoms with Gasteiger partial charge < -0.3 is 10.1 Å². The Morgan fingerprint density at radius 1 is 0.935 bits per heavy atom. The van der Waals surface area contributed by atoms with E-state index in [1.807, 2.05) is 30.3 Å². The van der Waals surface area contributed by atoms with E-state index < -0.39 is 12.6 Å². The molecular formula is C23H16ClF2N3O2. The van der Waals surface area contributed by atoms with E-state index in [0.717, 1.165) is 11.1 Å². The second-order valence-electron chi connectivity index (χ2n) is 6.54. The molecule has 8 heteroatoms. The number of rotatable bonds is 5. The number of alkyl halides is 2. The third-order valence-electron chi connectivity index (χ3n) is 4.46. The topological polar surface area (TPSA) is 56.2 Å². The molecule has 1 heterocycles. The van der Waals surface area contributed by atoms with Crippen molar-refractivity contribution < 1.29 is 18.3 Å². The summed E-state index contributed by atoms with van der Waals surface area (Å²) < 4.78 is 30.5. The van der Waals surface area contributed by atoms with Crippen molar-refractivity contribution in [2.24, 2.45) is 0 Å². The minimum Gasteiger partial charge on any atom is -0.435 e. The van der Waals surface area contributed by atoms with Crippen molar-refractivity contribution in [1.82, 2.24) is 9.78 Å². The van der Waals surface area contributed by atoms with E-state index >= 15 is 0 Å². The van der Waals surface area contributed by atoms with Crippen molar-refractivity contribution in [3.8, 4) is 28.1 Å². The van der Waals surface area contributed by atoms with Crippen LogP contribution in [0.4, 0.5) is 19.3 Å². The van der Waals surface area contributed by atoms with Crippen LogP contribution in [0.3, 0.4) is 0 Å². The number of anilines is 1. The Bertz CT molecular complexity index is 1180. The molecule has 0 spiro atoms. The van der Waals surface area contributed by atoms with E-state index in [9.17, 15) is 13.6 Å². The molecule has 0 aliphatic rings. The maximum absolute atomic E-state index is 12.8. The number of nitrogens with one attached hydrogen (secondary N) is 1. The zero-order valence-electron chi connectivity index (χ0n) is 16.0. The first-order valence-corrected chi connectivity index (χ1v) is 9.64. The van der Waals surface area contributed by atoms with E-state index in [1.165, 1.54) is 16.8 Å². The zero-order chi connectivity index (χ0) is 21.8. The first kappa shape index (κ1) is 20.6. The maximum atomic E-state index is 12.8. The standard InChI is InChI=1S/C23H16ClF2N3O2/c24-17-8-10-18(11-9-17)27-23(30)29-14-20(15-4-2-1-3-5-15)21(28-29)16-6-12-19(13-7-16)31-22(25)26/h1-14,22H,(H,27,30). The van der Waals surface area contributed by atoms with Gasteiger partial charge in [-0.3, -0.25) is 0 Å². The zero-order valence-corrected chi connectivity index (χ0v) is 16.8. The fraction of sp³-hybridized carbons (Fsp3) is 0.0435.